The molecular formula is C12H8F3NO. The molecule has 2 nitrogen and oxygen atoms in total. The minimum absolute atomic E-state index is 0.0644. The summed E-state index contributed by atoms with van der Waals surface area (Å²) < 4.78 is 39.2. The van der Waals surface area contributed by atoms with E-state index in [0.717, 1.165) is 18.3 Å². The molecule has 5 heteroatoms. The molecule has 1 N–H and O–H groups in total. The summed E-state index contributed by atoms with van der Waals surface area (Å²) in [7, 11) is 0. The first-order valence-corrected chi connectivity index (χ1v) is 4.82. The number of aliphatic hydroxyl groups excluding tert-OH is 1. The van der Waals surface area contributed by atoms with E-state index in [1.807, 2.05) is 0 Å². The monoisotopic (exact) mass is 239 g/mol. The van der Waals surface area contributed by atoms with Crippen molar-refractivity contribution in [3.8, 4) is 0 Å². The zero-order valence-electron chi connectivity index (χ0n) is 8.57. The van der Waals surface area contributed by atoms with Crippen molar-refractivity contribution in [3.05, 3.63) is 65.2 Å². The van der Waals surface area contributed by atoms with Crippen LogP contribution in [-0.2, 0) is 0 Å². The number of hydrogen-bond acceptors (Lipinski definition) is 2. The first-order chi connectivity index (χ1) is 8.09. The second-order valence-corrected chi connectivity index (χ2v) is 3.48. The van der Waals surface area contributed by atoms with Gasteiger partial charge in [0.25, 0.3) is 0 Å². The molecule has 0 bridgehead atoms. The molecule has 88 valence electrons. The smallest absolute Gasteiger partial charge is 0.164 e. The highest BCUT2D eigenvalue weighted by Crippen LogP contribution is 2.25. The highest BCUT2D eigenvalue weighted by atomic mass is 19.2. The number of aromatic nitrogens is 1. The first kappa shape index (κ1) is 11.6. The third-order valence-corrected chi connectivity index (χ3v) is 2.32. The molecule has 1 heterocycles. The van der Waals surface area contributed by atoms with Crippen molar-refractivity contribution in [2.45, 2.75) is 6.10 Å². The lowest BCUT2D eigenvalue weighted by Gasteiger charge is -2.12. The van der Waals surface area contributed by atoms with Gasteiger partial charge in [-0.3, -0.25) is 4.98 Å². The van der Waals surface area contributed by atoms with Gasteiger partial charge in [-0.05, 0) is 12.1 Å². The van der Waals surface area contributed by atoms with Crippen LogP contribution in [0.3, 0.4) is 0 Å². The maximum atomic E-state index is 13.4. The average molecular weight is 239 g/mol. The van der Waals surface area contributed by atoms with Gasteiger partial charge in [-0.15, -0.1) is 0 Å². The van der Waals surface area contributed by atoms with E-state index >= 15 is 0 Å². The normalized spacial score (nSPS) is 12.5. The Kier molecular flexibility index (Phi) is 3.10. The number of pyridine rings is 1. The van der Waals surface area contributed by atoms with Crippen molar-refractivity contribution < 1.29 is 18.3 Å². The highest BCUT2D eigenvalue weighted by molar-refractivity contribution is 5.29. The molecule has 0 amide bonds. The van der Waals surface area contributed by atoms with Gasteiger partial charge in [-0.1, -0.05) is 12.1 Å². The van der Waals surface area contributed by atoms with Gasteiger partial charge in [-0.2, -0.15) is 0 Å². The zero-order chi connectivity index (χ0) is 12.4. The molecule has 0 saturated carbocycles. The number of halogens is 3. The standard InChI is InChI=1S/C12H8F3NO/c13-8-4-7(5-16-6-8)12(17)9-2-1-3-10(14)11(9)15/h1-6,12,17H. The molecule has 1 unspecified atom stereocenters. The first-order valence-electron chi connectivity index (χ1n) is 4.82. The van der Waals surface area contributed by atoms with Crippen LogP contribution in [-0.4, -0.2) is 10.1 Å². The van der Waals surface area contributed by atoms with Gasteiger partial charge in [0.05, 0.1) is 6.20 Å². The lowest BCUT2D eigenvalue weighted by atomic mass is 10.0. The van der Waals surface area contributed by atoms with Gasteiger partial charge in [0, 0.05) is 17.3 Å². The summed E-state index contributed by atoms with van der Waals surface area (Å²) in [5.74, 6) is -2.87. The van der Waals surface area contributed by atoms with Gasteiger partial charge in [0.2, 0.25) is 0 Å². The number of benzene rings is 1. The van der Waals surface area contributed by atoms with E-state index in [1.165, 1.54) is 18.3 Å². The van der Waals surface area contributed by atoms with Crippen molar-refractivity contribution in [2.75, 3.05) is 0 Å². The Hall–Kier alpha value is -1.88. The third kappa shape index (κ3) is 2.29. The molecule has 0 aliphatic carbocycles. The fourth-order valence-corrected chi connectivity index (χ4v) is 1.49. The summed E-state index contributed by atoms with van der Waals surface area (Å²) in [6.45, 7) is 0. The van der Waals surface area contributed by atoms with Crippen LogP contribution in [0.15, 0.2) is 36.7 Å². The van der Waals surface area contributed by atoms with Crippen LogP contribution < -0.4 is 0 Å². The van der Waals surface area contributed by atoms with Crippen molar-refractivity contribution >= 4 is 0 Å². The summed E-state index contributed by atoms with van der Waals surface area (Å²) in [6, 6.07) is 4.45. The number of hydrogen-bond donors (Lipinski definition) is 1. The maximum absolute atomic E-state index is 13.4. The molecule has 2 aromatic rings. The van der Waals surface area contributed by atoms with Gasteiger partial charge >= 0.3 is 0 Å². The minimum Gasteiger partial charge on any atom is -0.383 e. The van der Waals surface area contributed by atoms with Crippen molar-refractivity contribution in [2.24, 2.45) is 0 Å². The summed E-state index contributed by atoms with van der Waals surface area (Å²) in [4.78, 5) is 3.53. The zero-order valence-corrected chi connectivity index (χ0v) is 8.57. The van der Waals surface area contributed by atoms with Crippen molar-refractivity contribution in [1.82, 2.24) is 4.98 Å². The van der Waals surface area contributed by atoms with Crippen LogP contribution in [0.25, 0.3) is 0 Å². The summed E-state index contributed by atoms with van der Waals surface area (Å²) in [5.41, 5.74) is -0.188. The van der Waals surface area contributed by atoms with E-state index in [9.17, 15) is 18.3 Å². The second-order valence-electron chi connectivity index (χ2n) is 3.48. The highest BCUT2D eigenvalue weighted by Gasteiger charge is 2.18. The molecule has 0 saturated heterocycles. The molecule has 0 spiro atoms. The van der Waals surface area contributed by atoms with Crippen molar-refractivity contribution in [1.29, 1.82) is 0 Å². The van der Waals surface area contributed by atoms with Crippen LogP contribution in [0.4, 0.5) is 13.2 Å². The SMILES string of the molecule is OC(c1cncc(F)c1)c1cccc(F)c1F. The summed E-state index contributed by atoms with van der Waals surface area (Å²) in [5, 5.41) is 9.81. The van der Waals surface area contributed by atoms with E-state index in [2.05, 4.69) is 4.98 Å². The van der Waals surface area contributed by atoms with Gasteiger partial charge in [-0.25, -0.2) is 13.2 Å². The molecule has 0 aliphatic heterocycles. The molecule has 2 rings (SSSR count). The molecule has 0 fully saturated rings. The largest absolute Gasteiger partial charge is 0.383 e. The molecule has 1 aromatic heterocycles. The average Bonchev–Trinajstić information content (AvgIpc) is 2.32. The predicted molar refractivity (Wildman–Crippen MR) is 54.6 cm³/mol. The lowest BCUT2D eigenvalue weighted by molar-refractivity contribution is 0.212. The molecule has 0 aliphatic rings. The fourth-order valence-electron chi connectivity index (χ4n) is 1.49. The van der Waals surface area contributed by atoms with Crippen LogP contribution in [0.2, 0.25) is 0 Å². The Bertz CT molecular complexity index is 545. The molecule has 1 atom stereocenters. The van der Waals surface area contributed by atoms with E-state index in [0.29, 0.717) is 0 Å². The number of rotatable bonds is 2. The molecular weight excluding hydrogens is 231 g/mol. The Labute approximate surface area is 95.4 Å². The maximum Gasteiger partial charge on any atom is 0.164 e. The quantitative estimate of drug-likeness (QED) is 0.873. The van der Waals surface area contributed by atoms with Gasteiger partial charge in [0.1, 0.15) is 11.9 Å². The van der Waals surface area contributed by atoms with E-state index < -0.39 is 23.6 Å². The van der Waals surface area contributed by atoms with Crippen molar-refractivity contribution in [3.63, 3.8) is 0 Å². The molecule has 17 heavy (non-hydrogen) atoms. The Balaban J connectivity index is 2.44. The Morgan fingerprint density at radius 2 is 1.88 bits per heavy atom. The third-order valence-electron chi connectivity index (χ3n) is 2.32. The van der Waals surface area contributed by atoms with Crippen LogP contribution in [0.5, 0.6) is 0 Å². The van der Waals surface area contributed by atoms with Crippen LogP contribution >= 0.6 is 0 Å². The number of nitrogens with zero attached hydrogens (tertiary/aromatic N) is 1. The lowest BCUT2D eigenvalue weighted by Crippen LogP contribution is -2.05. The van der Waals surface area contributed by atoms with Gasteiger partial charge < -0.3 is 5.11 Å². The topological polar surface area (TPSA) is 33.1 Å². The second kappa shape index (κ2) is 4.55. The Morgan fingerprint density at radius 1 is 1.12 bits per heavy atom. The summed E-state index contributed by atoms with van der Waals surface area (Å²) >= 11 is 0. The van der Waals surface area contributed by atoms with E-state index in [1.54, 1.807) is 0 Å². The predicted octanol–water partition coefficient (Wildman–Crippen LogP) is 2.58. The minimum atomic E-state index is -1.45. The van der Waals surface area contributed by atoms with Crippen LogP contribution in [0.1, 0.15) is 17.2 Å². The molecule has 0 radical (unpaired) electrons. The van der Waals surface area contributed by atoms with Crippen LogP contribution in [0, 0.1) is 17.5 Å². The molecule has 1 aromatic carbocycles. The van der Waals surface area contributed by atoms with E-state index in [-0.39, 0.29) is 11.1 Å². The number of aliphatic hydroxyl groups is 1. The summed E-state index contributed by atoms with van der Waals surface area (Å²) in [6.07, 6.45) is 0.699. The van der Waals surface area contributed by atoms with E-state index in [4.69, 9.17) is 0 Å². The fraction of sp³-hybridized carbons (Fsp3) is 0.0833. The van der Waals surface area contributed by atoms with Gasteiger partial charge in [0.15, 0.2) is 11.6 Å². The Morgan fingerprint density at radius 3 is 2.59 bits per heavy atom.